The van der Waals surface area contributed by atoms with Crippen LogP contribution in [0.25, 0.3) is 0 Å². The average molecular weight is 175 g/mol. The van der Waals surface area contributed by atoms with Gasteiger partial charge in [-0.3, -0.25) is 0 Å². The minimum Gasteiger partial charge on any atom is -0.319 e. The van der Waals surface area contributed by atoms with E-state index in [-0.39, 0.29) is 0 Å². The Morgan fingerprint density at radius 2 is 1.50 bits per heavy atom. The first-order valence-electron chi connectivity index (χ1n) is 5.45. The monoisotopic (exact) mass is 175 g/mol. The van der Waals surface area contributed by atoms with E-state index in [9.17, 15) is 0 Å². The van der Waals surface area contributed by atoms with Crippen LogP contribution in [0.15, 0.2) is 0 Å². The van der Waals surface area contributed by atoms with Crippen molar-refractivity contribution in [2.24, 2.45) is 5.92 Å². The van der Waals surface area contributed by atoms with Crippen molar-refractivity contribution in [3.8, 4) is 0 Å². The molecule has 1 N–H and O–H groups in total. The first-order valence-corrected chi connectivity index (χ1v) is 5.45. The van der Waals surface area contributed by atoms with E-state index in [0.29, 0.717) is 0 Å². The maximum absolute atomic E-state index is 3.15. The molecule has 0 saturated heterocycles. The molecule has 1 heteroatoms. The van der Waals surface area contributed by atoms with Crippen LogP contribution >= 0.6 is 0 Å². The quantitative estimate of drug-likeness (QED) is 0.687. The Hall–Kier alpha value is -0.0400. The van der Waals surface area contributed by atoms with Crippen LogP contribution in [0, 0.1) is 5.92 Å². The van der Waals surface area contributed by atoms with E-state index in [1.807, 2.05) is 34.7 Å². The molecule has 0 aromatic heterocycles. The van der Waals surface area contributed by atoms with Crippen LogP contribution in [0.1, 0.15) is 54.4 Å². The SMILES string of the molecule is CC.CC.CCCC(C)CNC. The summed E-state index contributed by atoms with van der Waals surface area (Å²) in [6, 6.07) is 0. The average Bonchev–Trinajstić information content (AvgIpc) is 2.12. The van der Waals surface area contributed by atoms with E-state index in [1.54, 1.807) is 0 Å². The van der Waals surface area contributed by atoms with Crippen LogP contribution in [0.2, 0.25) is 0 Å². The van der Waals surface area contributed by atoms with Gasteiger partial charge in [0, 0.05) is 0 Å². The van der Waals surface area contributed by atoms with Crippen molar-refractivity contribution >= 4 is 0 Å². The molecule has 0 saturated carbocycles. The summed E-state index contributed by atoms with van der Waals surface area (Å²) in [4.78, 5) is 0. The van der Waals surface area contributed by atoms with Gasteiger partial charge in [0.2, 0.25) is 0 Å². The summed E-state index contributed by atoms with van der Waals surface area (Å²) < 4.78 is 0. The highest BCUT2D eigenvalue weighted by atomic mass is 14.8. The number of hydrogen-bond acceptors (Lipinski definition) is 1. The normalized spacial score (nSPS) is 10.2. The molecule has 1 unspecified atom stereocenters. The summed E-state index contributed by atoms with van der Waals surface area (Å²) in [5, 5.41) is 3.15. The highest BCUT2D eigenvalue weighted by Gasteiger charge is 1.95. The lowest BCUT2D eigenvalue weighted by Gasteiger charge is -2.06. The van der Waals surface area contributed by atoms with Crippen LogP contribution in [0.3, 0.4) is 0 Å². The van der Waals surface area contributed by atoms with Gasteiger partial charge in [0.15, 0.2) is 0 Å². The summed E-state index contributed by atoms with van der Waals surface area (Å²) in [6.07, 6.45) is 2.66. The summed E-state index contributed by atoms with van der Waals surface area (Å²) >= 11 is 0. The van der Waals surface area contributed by atoms with Gasteiger partial charge in [0.05, 0.1) is 0 Å². The Kier molecular flexibility index (Phi) is 33.5. The van der Waals surface area contributed by atoms with Crippen LogP contribution in [-0.4, -0.2) is 13.6 Å². The molecule has 0 aromatic rings. The van der Waals surface area contributed by atoms with Crippen molar-refractivity contribution in [3.05, 3.63) is 0 Å². The number of rotatable bonds is 4. The third-order valence-electron chi connectivity index (χ3n) is 1.33. The Bertz CT molecular complexity index is 38.3. The van der Waals surface area contributed by atoms with Gasteiger partial charge >= 0.3 is 0 Å². The summed E-state index contributed by atoms with van der Waals surface area (Å²) in [5.41, 5.74) is 0. The maximum Gasteiger partial charge on any atom is -0.00262 e. The predicted molar refractivity (Wildman–Crippen MR) is 60.7 cm³/mol. The van der Waals surface area contributed by atoms with Crippen molar-refractivity contribution < 1.29 is 0 Å². The largest absolute Gasteiger partial charge is 0.319 e. The van der Waals surface area contributed by atoms with Gasteiger partial charge in [0.25, 0.3) is 0 Å². The Morgan fingerprint density at radius 3 is 1.75 bits per heavy atom. The highest BCUT2D eigenvalue weighted by molar-refractivity contribution is 4.52. The Balaban J connectivity index is -0.000000175. The van der Waals surface area contributed by atoms with Crippen LogP contribution in [0.4, 0.5) is 0 Å². The van der Waals surface area contributed by atoms with Gasteiger partial charge in [-0.1, -0.05) is 48.0 Å². The van der Waals surface area contributed by atoms with E-state index in [2.05, 4.69) is 19.2 Å². The molecule has 0 fully saturated rings. The van der Waals surface area contributed by atoms with Gasteiger partial charge in [-0.15, -0.1) is 0 Å². The number of hydrogen-bond donors (Lipinski definition) is 1. The van der Waals surface area contributed by atoms with E-state index < -0.39 is 0 Å². The molecule has 78 valence electrons. The van der Waals surface area contributed by atoms with E-state index in [0.717, 1.165) is 12.5 Å². The van der Waals surface area contributed by atoms with Crippen molar-refractivity contribution in [3.63, 3.8) is 0 Å². The van der Waals surface area contributed by atoms with Crippen molar-refractivity contribution in [2.75, 3.05) is 13.6 Å². The molecule has 0 rings (SSSR count). The molecular weight excluding hydrogens is 146 g/mol. The lowest BCUT2D eigenvalue weighted by atomic mass is 10.1. The number of nitrogens with one attached hydrogen (secondary N) is 1. The molecule has 0 bridgehead atoms. The standard InChI is InChI=1S/C7H17N.2C2H6/c1-4-5-7(2)6-8-3;2*1-2/h7-8H,4-6H2,1-3H3;2*1-2H3. The second kappa shape index (κ2) is 22.4. The Labute approximate surface area is 80.0 Å². The zero-order valence-electron chi connectivity index (χ0n) is 10.2. The van der Waals surface area contributed by atoms with Crippen LogP contribution < -0.4 is 5.32 Å². The summed E-state index contributed by atoms with van der Waals surface area (Å²) in [5.74, 6) is 0.852. The van der Waals surface area contributed by atoms with E-state index in [4.69, 9.17) is 0 Å². The fourth-order valence-corrected chi connectivity index (χ4v) is 0.943. The summed E-state index contributed by atoms with van der Waals surface area (Å²) in [6.45, 7) is 13.7. The van der Waals surface area contributed by atoms with E-state index in [1.165, 1.54) is 12.8 Å². The first-order chi connectivity index (χ1) is 5.81. The molecule has 1 nitrogen and oxygen atoms in total. The Morgan fingerprint density at radius 1 is 1.08 bits per heavy atom. The smallest absolute Gasteiger partial charge is 0.00262 e. The first kappa shape index (κ1) is 17.9. The zero-order valence-corrected chi connectivity index (χ0v) is 10.2. The third-order valence-corrected chi connectivity index (χ3v) is 1.33. The molecule has 0 amide bonds. The van der Waals surface area contributed by atoms with Gasteiger partial charge in [-0.25, -0.2) is 0 Å². The predicted octanol–water partition coefficient (Wildman–Crippen LogP) is 3.69. The van der Waals surface area contributed by atoms with Gasteiger partial charge < -0.3 is 5.32 Å². The molecule has 0 aliphatic heterocycles. The lowest BCUT2D eigenvalue weighted by Crippen LogP contribution is -2.15. The molecular formula is C11H29N. The highest BCUT2D eigenvalue weighted by Crippen LogP contribution is 2.01. The zero-order chi connectivity index (χ0) is 10.4. The third kappa shape index (κ3) is 22.5. The minimum atomic E-state index is 0.852. The second-order valence-corrected chi connectivity index (χ2v) is 2.45. The molecule has 0 aromatic carbocycles. The molecule has 0 aliphatic rings. The molecule has 0 radical (unpaired) electrons. The van der Waals surface area contributed by atoms with Crippen molar-refractivity contribution in [1.82, 2.24) is 5.32 Å². The molecule has 0 spiro atoms. The summed E-state index contributed by atoms with van der Waals surface area (Å²) in [7, 11) is 2.01. The molecule has 0 aliphatic carbocycles. The van der Waals surface area contributed by atoms with Crippen LogP contribution in [0.5, 0.6) is 0 Å². The fourth-order valence-electron chi connectivity index (χ4n) is 0.943. The van der Waals surface area contributed by atoms with Crippen molar-refractivity contribution in [2.45, 2.75) is 54.4 Å². The van der Waals surface area contributed by atoms with E-state index >= 15 is 0 Å². The van der Waals surface area contributed by atoms with Crippen LogP contribution in [-0.2, 0) is 0 Å². The fraction of sp³-hybridized carbons (Fsp3) is 1.00. The second-order valence-electron chi connectivity index (χ2n) is 2.45. The molecule has 0 heterocycles. The van der Waals surface area contributed by atoms with Gasteiger partial charge in [-0.05, 0) is 25.9 Å². The van der Waals surface area contributed by atoms with Gasteiger partial charge in [-0.2, -0.15) is 0 Å². The molecule has 12 heavy (non-hydrogen) atoms. The van der Waals surface area contributed by atoms with Gasteiger partial charge in [0.1, 0.15) is 0 Å². The lowest BCUT2D eigenvalue weighted by molar-refractivity contribution is 0.498. The van der Waals surface area contributed by atoms with Crippen molar-refractivity contribution in [1.29, 1.82) is 0 Å². The maximum atomic E-state index is 3.15. The molecule has 1 atom stereocenters. The topological polar surface area (TPSA) is 12.0 Å². The minimum absolute atomic E-state index is 0.852.